The lowest BCUT2D eigenvalue weighted by Crippen LogP contribution is -2.28. The molecule has 232 valence electrons. The fourth-order valence-electron chi connectivity index (χ4n) is 5.21. The van der Waals surface area contributed by atoms with E-state index in [9.17, 15) is 22.4 Å². The fourth-order valence-corrected chi connectivity index (χ4v) is 5.30. The highest BCUT2D eigenvalue weighted by Gasteiger charge is 2.31. The van der Waals surface area contributed by atoms with Crippen LogP contribution in [0.2, 0.25) is 0 Å². The number of ether oxygens (including phenoxy) is 1. The second kappa shape index (κ2) is 14.4. The average Bonchev–Trinajstić information content (AvgIpc) is 3.26. The quantitative estimate of drug-likeness (QED) is 0.0891. The first-order valence-electron chi connectivity index (χ1n) is 14.5. The average molecular weight is 619 g/mol. The second-order valence-corrected chi connectivity index (χ2v) is 11.1. The summed E-state index contributed by atoms with van der Waals surface area (Å²) in [6.45, 7) is 5.01. The van der Waals surface area contributed by atoms with E-state index in [1.54, 1.807) is 0 Å². The third-order valence-electron chi connectivity index (χ3n) is 7.84. The van der Waals surface area contributed by atoms with Crippen LogP contribution in [-0.4, -0.2) is 32.3 Å². The Labute approximate surface area is 255 Å². The third kappa shape index (κ3) is 8.14. The van der Waals surface area contributed by atoms with Gasteiger partial charge in [0.25, 0.3) is 0 Å². The van der Waals surface area contributed by atoms with Crippen LogP contribution in [0.5, 0.6) is 5.75 Å². The molecule has 1 aliphatic heterocycles. The van der Waals surface area contributed by atoms with E-state index in [-0.39, 0.29) is 17.8 Å². The molecule has 0 spiro atoms. The van der Waals surface area contributed by atoms with Gasteiger partial charge in [0.15, 0.2) is 0 Å². The van der Waals surface area contributed by atoms with Crippen LogP contribution in [-0.2, 0) is 17.4 Å². The minimum absolute atomic E-state index is 0.217. The maximum absolute atomic E-state index is 14.2. The van der Waals surface area contributed by atoms with E-state index < -0.39 is 23.5 Å². The molecule has 0 saturated heterocycles. The zero-order valence-corrected chi connectivity index (χ0v) is 25.4. The highest BCUT2D eigenvalue weighted by molar-refractivity contribution is 7.78. The summed E-state index contributed by atoms with van der Waals surface area (Å²) in [6.07, 6.45) is -0.969. The largest absolute Gasteiger partial charge is 0.492 e. The summed E-state index contributed by atoms with van der Waals surface area (Å²) in [5.74, 6) is -1.11. The number of thiol groups is 1. The highest BCUT2D eigenvalue weighted by Crippen LogP contribution is 2.39. The maximum atomic E-state index is 14.2. The molecule has 1 heterocycles. The van der Waals surface area contributed by atoms with E-state index in [4.69, 9.17) is 4.74 Å². The van der Waals surface area contributed by atoms with Gasteiger partial charge >= 0.3 is 6.18 Å². The predicted octanol–water partition coefficient (Wildman–Crippen LogP) is 7.91. The maximum Gasteiger partial charge on any atom is 0.416 e. The number of carbonyl (C=O) groups excluding carboxylic acids is 1. The molecular formula is C32H38F4N4O2S. The standard InChI is InChI=1S/C32H38F4N4O2S/c1-4-22(31(41)39-27-13-11-24(19-26(27)33)32(34,35)36)8-6-5-7-21-9-12-25(30(17-21)42-16-15-37-43)23-10-14-29-28(18-23)38-20(2)40(29)3/h9-14,17-20,22,37-38,43H,4-8,15-16H2,1-3H3,(H,39,41). The van der Waals surface area contributed by atoms with E-state index in [2.05, 4.69) is 83.4 Å². The summed E-state index contributed by atoms with van der Waals surface area (Å²) in [6, 6.07) is 14.7. The highest BCUT2D eigenvalue weighted by atomic mass is 32.1. The Morgan fingerprint density at radius 3 is 2.60 bits per heavy atom. The number of rotatable bonds is 13. The van der Waals surface area contributed by atoms with Crippen molar-refractivity contribution in [2.45, 2.75) is 58.3 Å². The molecule has 11 heteroatoms. The molecule has 0 aromatic heterocycles. The van der Waals surface area contributed by atoms with Gasteiger partial charge in [0.05, 0.1) is 28.8 Å². The zero-order valence-electron chi connectivity index (χ0n) is 24.5. The van der Waals surface area contributed by atoms with E-state index in [1.807, 2.05) is 6.92 Å². The van der Waals surface area contributed by atoms with Gasteiger partial charge in [-0.25, -0.2) is 4.39 Å². The number of hydrogen-bond donors (Lipinski definition) is 4. The van der Waals surface area contributed by atoms with E-state index in [1.165, 1.54) is 0 Å². The molecule has 0 saturated carbocycles. The van der Waals surface area contributed by atoms with Gasteiger partial charge in [-0.3, -0.25) is 9.52 Å². The predicted molar refractivity (Wildman–Crippen MR) is 167 cm³/mol. The summed E-state index contributed by atoms with van der Waals surface area (Å²) in [7, 11) is 2.06. The van der Waals surface area contributed by atoms with Crippen LogP contribution < -0.4 is 25.0 Å². The van der Waals surface area contributed by atoms with Gasteiger partial charge in [-0.2, -0.15) is 13.2 Å². The van der Waals surface area contributed by atoms with Crippen molar-refractivity contribution in [1.29, 1.82) is 0 Å². The molecule has 0 aliphatic carbocycles. The van der Waals surface area contributed by atoms with Gasteiger partial charge < -0.3 is 20.3 Å². The van der Waals surface area contributed by atoms with Gasteiger partial charge in [-0.15, -0.1) is 0 Å². The first-order valence-corrected chi connectivity index (χ1v) is 14.9. The summed E-state index contributed by atoms with van der Waals surface area (Å²) < 4.78 is 61.6. The third-order valence-corrected chi connectivity index (χ3v) is 8.06. The summed E-state index contributed by atoms with van der Waals surface area (Å²) in [5.41, 5.74) is 4.03. The normalized spacial score (nSPS) is 15.2. The number of anilines is 3. The van der Waals surface area contributed by atoms with Gasteiger partial charge in [0.2, 0.25) is 5.91 Å². The number of nitrogens with zero attached hydrogens (tertiary/aromatic N) is 1. The van der Waals surface area contributed by atoms with Crippen LogP contribution in [0.3, 0.4) is 0 Å². The van der Waals surface area contributed by atoms with Crippen LogP contribution in [0.15, 0.2) is 54.6 Å². The molecular weight excluding hydrogens is 580 g/mol. The van der Waals surface area contributed by atoms with Crippen LogP contribution in [0.4, 0.5) is 34.6 Å². The van der Waals surface area contributed by atoms with Crippen LogP contribution in [0, 0.1) is 11.7 Å². The smallest absolute Gasteiger partial charge is 0.416 e. The van der Waals surface area contributed by atoms with Crippen LogP contribution >= 0.6 is 12.8 Å². The Morgan fingerprint density at radius 2 is 1.91 bits per heavy atom. The number of fused-ring (bicyclic) bond motifs is 1. The Hall–Kier alpha value is -3.44. The molecule has 43 heavy (non-hydrogen) atoms. The number of aryl methyl sites for hydroxylation is 1. The first-order chi connectivity index (χ1) is 20.5. The van der Waals surface area contributed by atoms with Gasteiger partial charge in [0.1, 0.15) is 18.2 Å². The monoisotopic (exact) mass is 618 g/mol. The summed E-state index contributed by atoms with van der Waals surface area (Å²) >= 11 is 4.06. The molecule has 2 unspecified atom stereocenters. The van der Waals surface area contributed by atoms with Gasteiger partial charge in [0, 0.05) is 25.1 Å². The number of benzene rings is 3. The van der Waals surface area contributed by atoms with Crippen LogP contribution in [0.25, 0.3) is 11.1 Å². The number of hydrogen-bond acceptors (Lipinski definition) is 6. The molecule has 0 bridgehead atoms. The number of halogens is 4. The van der Waals surface area contributed by atoms with E-state index >= 15 is 0 Å². The molecule has 1 amide bonds. The topological polar surface area (TPSA) is 65.6 Å². The Morgan fingerprint density at radius 1 is 1.12 bits per heavy atom. The lowest BCUT2D eigenvalue weighted by molar-refractivity contribution is -0.137. The van der Waals surface area contributed by atoms with Crippen molar-refractivity contribution >= 4 is 35.8 Å². The number of alkyl halides is 3. The molecule has 0 fully saturated rings. The SMILES string of the molecule is CCC(CCCCc1ccc(-c2ccc3c(c2)NC(C)N3C)c(OCCNS)c1)C(=O)Nc1ccc(C(F)(F)F)cc1F. The van der Waals surface area contributed by atoms with Gasteiger partial charge in [-0.05, 0) is 80.1 Å². The number of unbranched alkanes of at least 4 members (excludes halogenated alkanes) is 1. The van der Waals surface area contributed by atoms with E-state index in [0.717, 1.165) is 65.2 Å². The minimum atomic E-state index is -4.65. The van der Waals surface area contributed by atoms with Crippen molar-refractivity contribution in [2.24, 2.45) is 5.92 Å². The minimum Gasteiger partial charge on any atom is -0.492 e. The molecule has 3 N–H and O–H groups in total. The Kier molecular flexibility index (Phi) is 10.8. The van der Waals surface area contributed by atoms with Crippen molar-refractivity contribution in [3.63, 3.8) is 0 Å². The van der Waals surface area contributed by atoms with Crippen LogP contribution in [0.1, 0.15) is 50.7 Å². The lowest BCUT2D eigenvalue weighted by Gasteiger charge is -2.17. The van der Waals surface area contributed by atoms with Crippen molar-refractivity contribution < 1.29 is 27.1 Å². The summed E-state index contributed by atoms with van der Waals surface area (Å²) in [4.78, 5) is 14.9. The molecule has 3 aromatic carbocycles. The lowest BCUT2D eigenvalue weighted by atomic mass is 9.95. The molecule has 2 atom stereocenters. The molecule has 1 aliphatic rings. The number of nitrogens with one attached hydrogen (secondary N) is 3. The van der Waals surface area contributed by atoms with E-state index in [0.29, 0.717) is 32.1 Å². The van der Waals surface area contributed by atoms with Crippen molar-refractivity contribution in [3.05, 3.63) is 71.5 Å². The number of carbonyl (C=O) groups is 1. The Bertz CT molecular complexity index is 1420. The number of amides is 1. The second-order valence-electron chi connectivity index (χ2n) is 10.8. The van der Waals surface area contributed by atoms with Crippen molar-refractivity contribution in [1.82, 2.24) is 4.72 Å². The molecule has 0 radical (unpaired) electrons. The fraction of sp³-hybridized carbons (Fsp3) is 0.406. The molecule has 4 rings (SSSR count). The Balaban J connectivity index is 1.37. The zero-order chi connectivity index (χ0) is 31.1. The first kappa shape index (κ1) is 32.5. The molecule has 6 nitrogen and oxygen atoms in total. The summed E-state index contributed by atoms with van der Waals surface area (Å²) in [5, 5.41) is 5.95. The van der Waals surface area contributed by atoms with Crippen molar-refractivity contribution in [3.8, 4) is 16.9 Å². The molecule has 3 aromatic rings. The van der Waals surface area contributed by atoms with Crippen molar-refractivity contribution in [2.75, 3.05) is 35.7 Å². The van der Waals surface area contributed by atoms with Gasteiger partial charge in [-0.1, -0.05) is 44.4 Å².